The molecular weight excluding hydrogens is 306 g/mol. The number of nitrogens with zero attached hydrogens (tertiary/aromatic N) is 6. The zero-order valence-electron chi connectivity index (χ0n) is 12.5. The number of hydrogen-bond donors (Lipinski definition) is 1. The van der Waals surface area contributed by atoms with E-state index in [1.165, 1.54) is 17.7 Å². The number of anilines is 1. The van der Waals surface area contributed by atoms with Crippen LogP contribution in [0.15, 0.2) is 12.5 Å². The third-order valence-electron chi connectivity index (χ3n) is 4.19. The van der Waals surface area contributed by atoms with Gasteiger partial charge in [0.2, 0.25) is 0 Å². The Morgan fingerprint density at radius 3 is 2.64 bits per heavy atom. The molecule has 10 heteroatoms. The maximum atomic E-state index is 11.4. The van der Waals surface area contributed by atoms with Crippen LogP contribution in [0.4, 0.5) is 5.82 Å². The summed E-state index contributed by atoms with van der Waals surface area (Å²) >= 11 is 0. The van der Waals surface area contributed by atoms with Crippen molar-refractivity contribution in [3.05, 3.63) is 12.5 Å². The Labute approximate surface area is 128 Å². The normalized spacial score (nSPS) is 17.5. The minimum Gasteiger partial charge on any atom is -0.356 e. The molecule has 0 aliphatic carbocycles. The summed E-state index contributed by atoms with van der Waals surface area (Å²) in [5.74, 6) is 0.842. The third-order valence-corrected chi connectivity index (χ3v) is 5.29. The lowest BCUT2D eigenvalue weighted by Gasteiger charge is -2.36. The summed E-state index contributed by atoms with van der Waals surface area (Å²) < 4.78 is 25.8. The highest BCUT2D eigenvalue weighted by Crippen LogP contribution is 2.26. The van der Waals surface area contributed by atoms with Crippen molar-refractivity contribution in [2.24, 2.45) is 12.2 Å². The molecule has 2 aromatic rings. The van der Waals surface area contributed by atoms with E-state index in [2.05, 4.69) is 20.0 Å². The first-order chi connectivity index (χ1) is 10.4. The van der Waals surface area contributed by atoms with Gasteiger partial charge in [0, 0.05) is 33.2 Å². The first kappa shape index (κ1) is 15.1. The number of aromatic nitrogens is 4. The summed E-state index contributed by atoms with van der Waals surface area (Å²) in [6.07, 6.45) is 4.70. The van der Waals surface area contributed by atoms with Crippen LogP contribution in [-0.4, -0.2) is 58.7 Å². The van der Waals surface area contributed by atoms with Crippen molar-refractivity contribution in [2.45, 2.75) is 18.9 Å². The van der Waals surface area contributed by atoms with E-state index in [-0.39, 0.29) is 6.04 Å². The second-order valence-corrected chi connectivity index (χ2v) is 7.09. The van der Waals surface area contributed by atoms with Gasteiger partial charge in [-0.2, -0.15) is 17.8 Å². The predicted molar refractivity (Wildman–Crippen MR) is 82.4 cm³/mol. The standard InChI is InChI=1S/C12H19N7O2S/c1-17-11-10(7-16-17)12(15-8-14-11)19-5-3-9(4-6-19)18(2)22(13,20)21/h7-9H,3-6H2,1-2H3,(H2,13,20,21). The maximum absolute atomic E-state index is 11.4. The van der Waals surface area contributed by atoms with Crippen LogP contribution in [-0.2, 0) is 17.3 Å². The summed E-state index contributed by atoms with van der Waals surface area (Å²) in [4.78, 5) is 10.7. The molecule has 9 nitrogen and oxygen atoms in total. The molecule has 3 rings (SSSR count). The van der Waals surface area contributed by atoms with Crippen molar-refractivity contribution < 1.29 is 8.42 Å². The number of aryl methyl sites for hydroxylation is 1. The maximum Gasteiger partial charge on any atom is 0.276 e. The molecule has 0 spiro atoms. The van der Waals surface area contributed by atoms with Gasteiger partial charge < -0.3 is 4.90 Å². The Morgan fingerprint density at radius 1 is 1.32 bits per heavy atom. The number of hydrogen-bond acceptors (Lipinski definition) is 6. The third kappa shape index (κ3) is 2.64. The first-order valence-electron chi connectivity index (χ1n) is 7.01. The van der Waals surface area contributed by atoms with Gasteiger partial charge in [0.05, 0.1) is 11.6 Å². The van der Waals surface area contributed by atoms with E-state index in [1.807, 2.05) is 7.05 Å². The van der Waals surface area contributed by atoms with Gasteiger partial charge in [0.25, 0.3) is 10.2 Å². The van der Waals surface area contributed by atoms with E-state index in [9.17, 15) is 8.42 Å². The minimum absolute atomic E-state index is 0.0718. The van der Waals surface area contributed by atoms with Crippen LogP contribution >= 0.6 is 0 Å². The fraction of sp³-hybridized carbons (Fsp3) is 0.583. The highest BCUT2D eigenvalue weighted by atomic mass is 32.2. The Hall–Kier alpha value is -1.78. The molecule has 22 heavy (non-hydrogen) atoms. The summed E-state index contributed by atoms with van der Waals surface area (Å²) in [5, 5.41) is 10.3. The zero-order valence-corrected chi connectivity index (χ0v) is 13.4. The molecular formula is C12H19N7O2S. The molecule has 0 atom stereocenters. The van der Waals surface area contributed by atoms with Crippen molar-refractivity contribution in [1.82, 2.24) is 24.1 Å². The molecule has 0 radical (unpaired) electrons. The van der Waals surface area contributed by atoms with Gasteiger partial charge in [-0.15, -0.1) is 0 Å². The molecule has 0 amide bonds. The molecule has 0 bridgehead atoms. The van der Waals surface area contributed by atoms with E-state index in [4.69, 9.17) is 5.14 Å². The molecule has 0 unspecified atom stereocenters. The van der Waals surface area contributed by atoms with Gasteiger partial charge >= 0.3 is 0 Å². The lowest BCUT2D eigenvalue weighted by atomic mass is 10.1. The van der Waals surface area contributed by atoms with Gasteiger partial charge in [0.15, 0.2) is 5.65 Å². The van der Waals surface area contributed by atoms with Crippen LogP contribution < -0.4 is 10.0 Å². The molecule has 2 N–H and O–H groups in total. The van der Waals surface area contributed by atoms with Crippen LogP contribution in [0, 0.1) is 0 Å². The highest BCUT2D eigenvalue weighted by molar-refractivity contribution is 7.86. The van der Waals surface area contributed by atoms with Crippen LogP contribution in [0.1, 0.15) is 12.8 Å². The average Bonchev–Trinajstić information content (AvgIpc) is 2.87. The molecule has 0 aromatic carbocycles. The van der Waals surface area contributed by atoms with Crippen LogP contribution in [0.25, 0.3) is 11.0 Å². The van der Waals surface area contributed by atoms with Gasteiger partial charge in [0.1, 0.15) is 12.1 Å². The van der Waals surface area contributed by atoms with Gasteiger partial charge in [-0.3, -0.25) is 4.68 Å². The molecule has 0 saturated carbocycles. The molecule has 3 heterocycles. The van der Waals surface area contributed by atoms with Gasteiger partial charge in [-0.05, 0) is 12.8 Å². The van der Waals surface area contributed by atoms with Crippen molar-refractivity contribution in [1.29, 1.82) is 0 Å². The molecule has 1 aliphatic rings. The Kier molecular flexibility index (Phi) is 3.75. The van der Waals surface area contributed by atoms with Crippen LogP contribution in [0.3, 0.4) is 0 Å². The highest BCUT2D eigenvalue weighted by Gasteiger charge is 2.28. The molecule has 1 aliphatic heterocycles. The lowest BCUT2D eigenvalue weighted by molar-refractivity contribution is 0.312. The van der Waals surface area contributed by atoms with Crippen LogP contribution in [0.2, 0.25) is 0 Å². The lowest BCUT2D eigenvalue weighted by Crippen LogP contribution is -2.47. The van der Waals surface area contributed by atoms with Crippen molar-refractivity contribution in [3.8, 4) is 0 Å². The average molecular weight is 325 g/mol. The summed E-state index contributed by atoms with van der Waals surface area (Å²) in [7, 11) is -0.273. The number of piperidine rings is 1. The second kappa shape index (κ2) is 5.45. The molecule has 1 fully saturated rings. The van der Waals surface area contributed by atoms with Crippen molar-refractivity contribution >= 4 is 27.1 Å². The largest absolute Gasteiger partial charge is 0.356 e. The van der Waals surface area contributed by atoms with E-state index in [0.29, 0.717) is 25.9 Å². The molecule has 120 valence electrons. The monoisotopic (exact) mass is 325 g/mol. The zero-order chi connectivity index (χ0) is 15.9. The second-order valence-electron chi connectivity index (χ2n) is 5.48. The smallest absolute Gasteiger partial charge is 0.276 e. The van der Waals surface area contributed by atoms with Gasteiger partial charge in [-0.25, -0.2) is 15.1 Å². The summed E-state index contributed by atoms with van der Waals surface area (Å²) in [6, 6.07) is -0.0718. The van der Waals surface area contributed by atoms with E-state index >= 15 is 0 Å². The number of nitrogens with two attached hydrogens (primary N) is 1. The van der Waals surface area contributed by atoms with Crippen molar-refractivity contribution in [3.63, 3.8) is 0 Å². The van der Waals surface area contributed by atoms with Crippen molar-refractivity contribution in [2.75, 3.05) is 25.0 Å². The fourth-order valence-electron chi connectivity index (χ4n) is 2.85. The Balaban J connectivity index is 1.79. The van der Waals surface area contributed by atoms with E-state index in [1.54, 1.807) is 10.9 Å². The number of rotatable bonds is 3. The quantitative estimate of drug-likeness (QED) is 0.812. The molecule has 2 aromatic heterocycles. The minimum atomic E-state index is -3.64. The SMILES string of the molecule is CN(C1CCN(c2ncnc3c2cnn3C)CC1)S(N)(=O)=O. The predicted octanol–water partition coefficient (Wildman–Crippen LogP) is -0.533. The van der Waals surface area contributed by atoms with Gasteiger partial charge in [-0.1, -0.05) is 0 Å². The van der Waals surface area contributed by atoms with E-state index < -0.39 is 10.2 Å². The Bertz CT molecular complexity index is 780. The summed E-state index contributed by atoms with van der Waals surface area (Å²) in [5.41, 5.74) is 0.786. The number of fused-ring (bicyclic) bond motifs is 1. The van der Waals surface area contributed by atoms with Crippen LogP contribution in [0.5, 0.6) is 0 Å². The first-order valence-corrected chi connectivity index (χ1v) is 8.51. The topological polar surface area (TPSA) is 110 Å². The Morgan fingerprint density at radius 2 is 2.00 bits per heavy atom. The molecule has 1 saturated heterocycles. The fourth-order valence-corrected chi connectivity index (χ4v) is 3.48. The van der Waals surface area contributed by atoms with E-state index in [0.717, 1.165) is 16.9 Å². The summed E-state index contributed by atoms with van der Waals surface area (Å²) in [6.45, 7) is 1.43.